The van der Waals surface area contributed by atoms with Crippen LogP contribution in [0.5, 0.6) is 0 Å². The quantitative estimate of drug-likeness (QED) is 0.784. The third kappa shape index (κ3) is 4.30. The molecular formula is C14H24ClNO. The van der Waals surface area contributed by atoms with E-state index in [1.54, 1.807) is 12.2 Å². The number of allylic oxidation sites excluding steroid dienone is 2. The van der Waals surface area contributed by atoms with Gasteiger partial charge in [-0.25, -0.2) is 0 Å². The van der Waals surface area contributed by atoms with Crippen LogP contribution in [0.2, 0.25) is 0 Å². The van der Waals surface area contributed by atoms with E-state index in [0.717, 1.165) is 13.1 Å². The fourth-order valence-electron chi connectivity index (χ4n) is 1.88. The van der Waals surface area contributed by atoms with Crippen molar-refractivity contribution < 1.29 is 5.11 Å². The van der Waals surface area contributed by atoms with Crippen LogP contribution in [0.25, 0.3) is 0 Å². The zero-order valence-corrected chi connectivity index (χ0v) is 11.9. The van der Waals surface area contributed by atoms with Gasteiger partial charge in [-0.1, -0.05) is 50.8 Å². The molecule has 0 amide bonds. The van der Waals surface area contributed by atoms with E-state index in [2.05, 4.69) is 18.1 Å². The van der Waals surface area contributed by atoms with Crippen molar-refractivity contribution in [2.75, 3.05) is 20.1 Å². The van der Waals surface area contributed by atoms with Gasteiger partial charge in [0.2, 0.25) is 0 Å². The van der Waals surface area contributed by atoms with Gasteiger partial charge >= 0.3 is 0 Å². The Morgan fingerprint density at radius 1 is 1.24 bits per heavy atom. The molecule has 2 nitrogen and oxygen atoms in total. The van der Waals surface area contributed by atoms with Crippen molar-refractivity contribution in [2.24, 2.45) is 0 Å². The number of aliphatic hydroxyl groups is 1. The van der Waals surface area contributed by atoms with Crippen LogP contribution in [-0.2, 0) is 0 Å². The average Bonchev–Trinajstić information content (AvgIpc) is 2.36. The number of hydrogen-bond donors (Lipinski definition) is 1. The second-order valence-corrected chi connectivity index (χ2v) is 4.41. The minimum Gasteiger partial charge on any atom is -0.385 e. The molecule has 0 saturated carbocycles. The molecule has 1 heterocycles. The van der Waals surface area contributed by atoms with Crippen molar-refractivity contribution in [3.05, 3.63) is 35.9 Å². The maximum absolute atomic E-state index is 10.5. The van der Waals surface area contributed by atoms with Crippen molar-refractivity contribution in [3.63, 3.8) is 0 Å². The van der Waals surface area contributed by atoms with E-state index in [9.17, 15) is 5.11 Å². The summed E-state index contributed by atoms with van der Waals surface area (Å²) < 4.78 is 0. The van der Waals surface area contributed by atoms with Gasteiger partial charge in [0.05, 0.1) is 5.60 Å². The molecule has 1 fully saturated rings. The Morgan fingerprint density at radius 3 is 2.06 bits per heavy atom. The molecule has 1 aliphatic rings. The summed E-state index contributed by atoms with van der Waals surface area (Å²) in [5.74, 6) is 0. The van der Waals surface area contributed by atoms with Crippen LogP contribution < -0.4 is 0 Å². The van der Waals surface area contributed by atoms with E-state index in [1.807, 2.05) is 20.9 Å². The lowest BCUT2D eigenvalue weighted by atomic mass is 9.84. The van der Waals surface area contributed by atoms with Gasteiger partial charge < -0.3 is 10.0 Å². The number of piperidine rings is 1. The summed E-state index contributed by atoms with van der Waals surface area (Å²) in [5.41, 5.74) is -0.133. The van der Waals surface area contributed by atoms with Crippen molar-refractivity contribution in [1.29, 1.82) is 0 Å². The predicted molar refractivity (Wildman–Crippen MR) is 76.3 cm³/mol. The summed E-state index contributed by atoms with van der Waals surface area (Å²) in [5, 5.41) is 11.0. The third-order valence-corrected chi connectivity index (χ3v) is 3.31. The molecule has 1 aliphatic heterocycles. The molecule has 1 rings (SSSR count). The van der Waals surface area contributed by atoms with Gasteiger partial charge in [0, 0.05) is 23.7 Å². The van der Waals surface area contributed by atoms with Gasteiger partial charge in [-0.05, 0) is 19.9 Å². The third-order valence-electron chi connectivity index (χ3n) is 2.96. The van der Waals surface area contributed by atoms with Crippen LogP contribution in [0.3, 0.4) is 0 Å². The predicted octanol–water partition coefficient (Wildman–Crippen LogP) is 3.33. The Bertz CT molecular complexity index is 289. The van der Waals surface area contributed by atoms with E-state index in [-0.39, 0.29) is 0 Å². The molecule has 3 heteroatoms. The monoisotopic (exact) mass is 257 g/mol. The van der Waals surface area contributed by atoms with E-state index >= 15 is 0 Å². The summed E-state index contributed by atoms with van der Waals surface area (Å²) in [4.78, 5) is 2.19. The molecule has 0 atom stereocenters. The lowest BCUT2D eigenvalue weighted by Gasteiger charge is -2.37. The van der Waals surface area contributed by atoms with Crippen molar-refractivity contribution in [2.45, 2.75) is 32.3 Å². The number of nitrogens with zero attached hydrogens (tertiary/aromatic N) is 1. The highest BCUT2D eigenvalue weighted by Gasteiger charge is 2.34. The first-order chi connectivity index (χ1) is 8.03. The summed E-state index contributed by atoms with van der Waals surface area (Å²) in [6.45, 7) is 13.1. The van der Waals surface area contributed by atoms with Crippen molar-refractivity contribution in [1.82, 2.24) is 4.90 Å². The van der Waals surface area contributed by atoms with Crippen LogP contribution in [0, 0.1) is 0 Å². The van der Waals surface area contributed by atoms with Gasteiger partial charge in [-0.3, -0.25) is 0 Å². The maximum Gasteiger partial charge on any atom is 0.0935 e. The highest BCUT2D eigenvalue weighted by Crippen LogP contribution is 2.33. The van der Waals surface area contributed by atoms with E-state index in [4.69, 9.17) is 11.6 Å². The van der Waals surface area contributed by atoms with E-state index in [1.165, 1.54) is 0 Å². The molecule has 0 aromatic carbocycles. The van der Waals surface area contributed by atoms with Crippen LogP contribution in [0.1, 0.15) is 26.7 Å². The lowest BCUT2D eigenvalue weighted by Crippen LogP contribution is -2.43. The highest BCUT2D eigenvalue weighted by atomic mass is 35.5. The minimum absolute atomic E-state index is 0.497. The highest BCUT2D eigenvalue weighted by molar-refractivity contribution is 6.31. The molecule has 17 heavy (non-hydrogen) atoms. The average molecular weight is 258 g/mol. The number of hydrogen-bond acceptors (Lipinski definition) is 2. The van der Waals surface area contributed by atoms with Crippen LogP contribution >= 0.6 is 11.6 Å². The number of halogens is 1. The molecule has 1 N–H and O–H groups in total. The molecule has 0 radical (unpaired) electrons. The zero-order chi connectivity index (χ0) is 13.5. The van der Waals surface area contributed by atoms with E-state index in [0.29, 0.717) is 23.4 Å². The van der Waals surface area contributed by atoms with Gasteiger partial charge in [-0.15, -0.1) is 0 Å². The Labute approximate surface area is 110 Å². The Hall–Kier alpha value is -0.570. The van der Waals surface area contributed by atoms with Gasteiger partial charge in [0.1, 0.15) is 0 Å². The first kappa shape index (κ1) is 16.4. The summed E-state index contributed by atoms with van der Waals surface area (Å²) in [6.07, 6.45) is 4.56. The topological polar surface area (TPSA) is 23.5 Å². The SMILES string of the molecule is C=C/C(Cl)=C(\C=C)C1(O)CCN(C)CC1.CC. The number of rotatable bonds is 3. The van der Waals surface area contributed by atoms with Crippen molar-refractivity contribution >= 4 is 11.6 Å². The second-order valence-electron chi connectivity index (χ2n) is 4.00. The molecule has 0 unspecified atom stereocenters. The van der Waals surface area contributed by atoms with Gasteiger partial charge in [0.25, 0.3) is 0 Å². The van der Waals surface area contributed by atoms with Gasteiger partial charge in [0.15, 0.2) is 0 Å². The first-order valence-corrected chi connectivity index (χ1v) is 6.47. The molecular weight excluding hydrogens is 234 g/mol. The largest absolute Gasteiger partial charge is 0.385 e. The molecule has 0 aliphatic carbocycles. The summed E-state index contributed by atoms with van der Waals surface area (Å²) in [7, 11) is 2.05. The van der Waals surface area contributed by atoms with Crippen LogP contribution in [0.4, 0.5) is 0 Å². The lowest BCUT2D eigenvalue weighted by molar-refractivity contribution is 0.0191. The molecule has 98 valence electrons. The van der Waals surface area contributed by atoms with Crippen molar-refractivity contribution in [3.8, 4) is 0 Å². The van der Waals surface area contributed by atoms with Crippen LogP contribution in [0.15, 0.2) is 35.9 Å². The Balaban J connectivity index is 0.00000121. The molecule has 0 aromatic rings. The summed E-state index contributed by atoms with van der Waals surface area (Å²) >= 11 is 6.01. The second kappa shape index (κ2) is 7.70. The fraction of sp³-hybridized carbons (Fsp3) is 0.571. The van der Waals surface area contributed by atoms with Gasteiger partial charge in [-0.2, -0.15) is 0 Å². The molecule has 0 aromatic heterocycles. The Morgan fingerprint density at radius 2 is 1.71 bits per heavy atom. The molecule has 0 spiro atoms. The van der Waals surface area contributed by atoms with E-state index < -0.39 is 5.60 Å². The smallest absolute Gasteiger partial charge is 0.0935 e. The molecule has 1 saturated heterocycles. The van der Waals surface area contributed by atoms with Crippen LogP contribution in [-0.4, -0.2) is 35.7 Å². The minimum atomic E-state index is -0.834. The molecule has 0 bridgehead atoms. The normalized spacial score (nSPS) is 20.8. The maximum atomic E-state index is 10.5. The Kier molecular flexibility index (Phi) is 7.44. The fourth-order valence-corrected chi connectivity index (χ4v) is 2.13. The summed E-state index contributed by atoms with van der Waals surface area (Å²) in [6, 6.07) is 0. The number of likely N-dealkylation sites (tertiary alicyclic amines) is 1. The first-order valence-electron chi connectivity index (χ1n) is 6.09. The zero-order valence-electron chi connectivity index (χ0n) is 11.2. The standard InChI is InChI=1S/C12H18ClNO.C2H6/c1-4-10(11(13)5-2)12(15)6-8-14(3)9-7-12;1-2/h4-5,15H,1-2,6-9H2,3H3;1-2H3/b11-10-;.